The highest BCUT2D eigenvalue weighted by Gasteiger charge is 2.08. The molecule has 0 aliphatic heterocycles. The molecule has 6 nitrogen and oxygen atoms in total. The number of thioether (sulfide) groups is 1. The summed E-state index contributed by atoms with van der Waals surface area (Å²) in [7, 11) is 0. The zero-order valence-corrected chi connectivity index (χ0v) is 11.3. The number of rotatable bonds is 3. The minimum Gasteiger partial charge on any atom is -0.508 e. The van der Waals surface area contributed by atoms with Crippen molar-refractivity contribution in [1.82, 2.24) is 9.36 Å². The second-order valence-corrected chi connectivity index (χ2v) is 4.84. The zero-order valence-electron chi connectivity index (χ0n) is 9.65. The van der Waals surface area contributed by atoms with E-state index in [2.05, 4.69) is 19.6 Å². The highest BCUT2D eigenvalue weighted by atomic mass is 32.2. The molecule has 1 aromatic carbocycles. The molecular formula is C10H10N4O2S2. The highest BCUT2D eigenvalue weighted by molar-refractivity contribution is 7.98. The van der Waals surface area contributed by atoms with Crippen LogP contribution in [0.5, 0.6) is 11.5 Å². The van der Waals surface area contributed by atoms with Crippen molar-refractivity contribution in [2.45, 2.75) is 12.1 Å². The van der Waals surface area contributed by atoms with Crippen LogP contribution in [0.25, 0.3) is 0 Å². The molecule has 18 heavy (non-hydrogen) atoms. The smallest absolute Gasteiger partial charge is 0.250 e. The van der Waals surface area contributed by atoms with Crippen molar-refractivity contribution in [1.29, 1.82) is 0 Å². The summed E-state index contributed by atoms with van der Waals surface area (Å²) in [4.78, 5) is 4.09. The van der Waals surface area contributed by atoms with Gasteiger partial charge in [0.2, 0.25) is 10.3 Å². The number of phenolic OH excluding ortho intramolecular Hbond substituents is 2. The van der Waals surface area contributed by atoms with Gasteiger partial charge in [-0.3, -0.25) is 0 Å². The SMILES string of the molecule is CSc1nsc(/N=N/c2ccc(O)c(C)c2O)n1. The Bertz CT molecular complexity index is 598. The second kappa shape index (κ2) is 5.32. The van der Waals surface area contributed by atoms with Crippen LogP contribution < -0.4 is 0 Å². The van der Waals surface area contributed by atoms with Crippen molar-refractivity contribution in [3.8, 4) is 11.5 Å². The number of nitrogens with zero attached hydrogens (tertiary/aromatic N) is 4. The lowest BCUT2D eigenvalue weighted by Gasteiger charge is -2.03. The number of hydrogen-bond acceptors (Lipinski definition) is 8. The second-order valence-electron chi connectivity index (χ2n) is 3.34. The maximum atomic E-state index is 9.76. The van der Waals surface area contributed by atoms with E-state index in [1.807, 2.05) is 6.26 Å². The van der Waals surface area contributed by atoms with E-state index < -0.39 is 0 Å². The predicted molar refractivity (Wildman–Crippen MR) is 70.4 cm³/mol. The van der Waals surface area contributed by atoms with Gasteiger partial charge in [0.15, 0.2) is 0 Å². The summed E-state index contributed by atoms with van der Waals surface area (Å²) in [6.07, 6.45) is 1.87. The lowest BCUT2D eigenvalue weighted by molar-refractivity contribution is 0.444. The summed E-state index contributed by atoms with van der Waals surface area (Å²) < 4.78 is 4.04. The Kier molecular flexibility index (Phi) is 3.78. The fraction of sp³-hybridized carbons (Fsp3) is 0.200. The lowest BCUT2D eigenvalue weighted by Crippen LogP contribution is -1.76. The van der Waals surface area contributed by atoms with Crippen molar-refractivity contribution in [3.05, 3.63) is 17.7 Å². The van der Waals surface area contributed by atoms with Gasteiger partial charge in [-0.05, 0) is 25.3 Å². The number of aromatic hydroxyl groups is 2. The Morgan fingerprint density at radius 1 is 1.28 bits per heavy atom. The van der Waals surface area contributed by atoms with Crippen LogP contribution in [0.15, 0.2) is 27.5 Å². The van der Waals surface area contributed by atoms with Gasteiger partial charge in [0.05, 0.1) is 0 Å². The van der Waals surface area contributed by atoms with E-state index in [9.17, 15) is 10.2 Å². The number of phenols is 2. The van der Waals surface area contributed by atoms with Gasteiger partial charge in [0, 0.05) is 17.1 Å². The average molecular weight is 282 g/mol. The average Bonchev–Trinajstić information content (AvgIpc) is 2.83. The Morgan fingerprint density at radius 2 is 2.06 bits per heavy atom. The predicted octanol–water partition coefficient (Wildman–Crippen LogP) is 3.40. The maximum absolute atomic E-state index is 9.76. The number of aromatic nitrogens is 2. The molecule has 1 heterocycles. The van der Waals surface area contributed by atoms with E-state index in [1.165, 1.54) is 23.9 Å². The van der Waals surface area contributed by atoms with E-state index in [0.717, 1.165) is 11.5 Å². The Balaban J connectivity index is 2.26. The Morgan fingerprint density at radius 3 is 2.72 bits per heavy atom. The summed E-state index contributed by atoms with van der Waals surface area (Å²) in [6, 6.07) is 2.94. The van der Waals surface area contributed by atoms with Crippen LogP contribution in [-0.4, -0.2) is 25.8 Å². The van der Waals surface area contributed by atoms with Gasteiger partial charge in [-0.15, -0.1) is 10.2 Å². The molecule has 2 N–H and O–H groups in total. The van der Waals surface area contributed by atoms with E-state index in [0.29, 0.717) is 15.9 Å². The van der Waals surface area contributed by atoms with Crippen molar-refractivity contribution >= 4 is 34.1 Å². The van der Waals surface area contributed by atoms with Crippen LogP contribution in [0.2, 0.25) is 0 Å². The topological polar surface area (TPSA) is 91.0 Å². The molecule has 0 bridgehead atoms. The van der Waals surface area contributed by atoms with Crippen molar-refractivity contribution in [2.75, 3.05) is 6.26 Å². The summed E-state index contributed by atoms with van der Waals surface area (Å²) in [5, 5.41) is 28.0. The minimum atomic E-state index is -0.0895. The largest absolute Gasteiger partial charge is 0.508 e. The van der Waals surface area contributed by atoms with Crippen LogP contribution in [0.4, 0.5) is 10.8 Å². The van der Waals surface area contributed by atoms with Gasteiger partial charge in [0.25, 0.3) is 0 Å². The van der Waals surface area contributed by atoms with E-state index in [4.69, 9.17) is 0 Å². The summed E-state index contributed by atoms with van der Waals surface area (Å²) in [6.45, 7) is 1.60. The molecule has 0 saturated carbocycles. The molecule has 8 heteroatoms. The third-order valence-electron chi connectivity index (χ3n) is 2.20. The first-order chi connectivity index (χ1) is 8.61. The lowest BCUT2D eigenvalue weighted by atomic mass is 10.2. The summed E-state index contributed by atoms with van der Waals surface area (Å²) in [5.74, 6) is -0.0691. The quantitative estimate of drug-likeness (QED) is 0.665. The first kappa shape index (κ1) is 12.8. The molecule has 2 aromatic rings. The number of azo groups is 1. The maximum Gasteiger partial charge on any atom is 0.250 e. The molecule has 0 amide bonds. The summed E-state index contributed by atoms with van der Waals surface area (Å²) >= 11 is 2.56. The standard InChI is InChI=1S/C10H10N4O2S2/c1-5-7(15)4-3-6(8(5)16)12-13-9-11-10(17-2)14-18-9/h3-4,15-16H,1-2H3/b13-12+. The fourth-order valence-corrected chi connectivity index (χ4v) is 2.23. The van der Waals surface area contributed by atoms with Crippen LogP contribution in [-0.2, 0) is 0 Å². The van der Waals surface area contributed by atoms with Crippen molar-refractivity contribution in [2.24, 2.45) is 10.2 Å². The third kappa shape index (κ3) is 2.59. The molecule has 0 fully saturated rings. The third-order valence-corrected chi connectivity index (χ3v) is 3.47. The van der Waals surface area contributed by atoms with Crippen molar-refractivity contribution < 1.29 is 10.2 Å². The molecule has 1 aromatic heterocycles. The molecule has 0 aliphatic rings. The Hall–Kier alpha value is -1.67. The molecule has 0 aliphatic carbocycles. The van der Waals surface area contributed by atoms with Crippen LogP contribution in [0.3, 0.4) is 0 Å². The van der Waals surface area contributed by atoms with E-state index in [1.54, 1.807) is 6.92 Å². The van der Waals surface area contributed by atoms with E-state index >= 15 is 0 Å². The van der Waals surface area contributed by atoms with E-state index in [-0.39, 0.29) is 17.2 Å². The molecule has 0 unspecified atom stereocenters. The molecule has 2 rings (SSSR count). The monoisotopic (exact) mass is 282 g/mol. The Labute approximate surface area is 112 Å². The van der Waals surface area contributed by atoms with Gasteiger partial charge >= 0.3 is 0 Å². The molecule has 94 valence electrons. The van der Waals surface area contributed by atoms with Gasteiger partial charge in [-0.2, -0.15) is 9.36 Å². The van der Waals surface area contributed by atoms with Crippen LogP contribution in [0, 0.1) is 6.92 Å². The number of hydrogen-bond donors (Lipinski definition) is 2. The molecule has 0 radical (unpaired) electrons. The zero-order chi connectivity index (χ0) is 13.1. The molecular weight excluding hydrogens is 272 g/mol. The normalized spacial score (nSPS) is 11.2. The highest BCUT2D eigenvalue weighted by Crippen LogP contribution is 2.36. The van der Waals surface area contributed by atoms with Crippen molar-refractivity contribution in [3.63, 3.8) is 0 Å². The fourth-order valence-electron chi connectivity index (χ4n) is 1.18. The first-order valence-electron chi connectivity index (χ1n) is 4.93. The van der Waals surface area contributed by atoms with Crippen LogP contribution in [0.1, 0.15) is 5.56 Å². The van der Waals surface area contributed by atoms with Gasteiger partial charge in [-0.1, -0.05) is 11.8 Å². The van der Waals surface area contributed by atoms with Gasteiger partial charge in [-0.25, -0.2) is 0 Å². The summed E-state index contributed by atoms with van der Waals surface area (Å²) in [5.41, 5.74) is 0.653. The minimum absolute atomic E-state index is 0.0204. The van der Waals surface area contributed by atoms with Crippen LogP contribution >= 0.6 is 23.3 Å². The molecule has 0 spiro atoms. The first-order valence-corrected chi connectivity index (χ1v) is 6.92. The van der Waals surface area contributed by atoms with Gasteiger partial charge < -0.3 is 10.2 Å². The molecule has 0 saturated heterocycles. The van der Waals surface area contributed by atoms with Gasteiger partial charge in [0.1, 0.15) is 17.2 Å². The molecule has 0 atom stereocenters. The number of benzene rings is 1.